The summed E-state index contributed by atoms with van der Waals surface area (Å²) in [6.07, 6.45) is 0.454. The fraction of sp³-hybridized carbons (Fsp3) is 0.500. The van der Waals surface area contributed by atoms with E-state index in [0.29, 0.717) is 0 Å². The van der Waals surface area contributed by atoms with Gasteiger partial charge < -0.3 is 4.74 Å². The van der Waals surface area contributed by atoms with Crippen molar-refractivity contribution >= 4 is 6.09 Å². The zero-order valence-electron chi connectivity index (χ0n) is 19.8. The molecule has 1 fully saturated rings. The van der Waals surface area contributed by atoms with Crippen molar-refractivity contribution < 1.29 is 13.9 Å². The lowest BCUT2D eigenvalue weighted by molar-refractivity contribution is -0.0131. The molecule has 0 aromatic heterocycles. The summed E-state index contributed by atoms with van der Waals surface area (Å²) in [4.78, 5) is 17.4. The molecule has 4 nitrogen and oxygen atoms in total. The van der Waals surface area contributed by atoms with Crippen LogP contribution < -0.4 is 0 Å². The number of ether oxygens (including phenoxy) is 1. The van der Waals surface area contributed by atoms with Gasteiger partial charge >= 0.3 is 6.09 Å². The first-order valence-electron chi connectivity index (χ1n) is 10.9. The molecule has 2 aromatic carbocycles. The number of hydrogen-bond acceptors (Lipinski definition) is 3. The predicted octanol–water partition coefficient (Wildman–Crippen LogP) is 5.96. The van der Waals surface area contributed by atoms with Crippen molar-refractivity contribution in [3.8, 4) is 11.1 Å². The normalized spacial score (nSPS) is 20.2. The predicted molar refractivity (Wildman–Crippen MR) is 123 cm³/mol. The first-order chi connectivity index (χ1) is 14.3. The molecule has 0 saturated carbocycles. The molecule has 0 N–H and O–H groups in total. The Morgan fingerprint density at radius 1 is 0.968 bits per heavy atom. The minimum Gasteiger partial charge on any atom is -0.444 e. The molecule has 1 saturated heterocycles. The van der Waals surface area contributed by atoms with Gasteiger partial charge in [0.2, 0.25) is 0 Å². The summed E-state index contributed by atoms with van der Waals surface area (Å²) in [6.45, 7) is 13.0. The monoisotopic (exact) mass is 426 g/mol. The van der Waals surface area contributed by atoms with Crippen molar-refractivity contribution in [2.75, 3.05) is 13.6 Å². The van der Waals surface area contributed by atoms with Gasteiger partial charge in [0.25, 0.3) is 0 Å². The molecule has 5 heteroatoms. The van der Waals surface area contributed by atoms with E-state index in [9.17, 15) is 9.18 Å². The quantitative estimate of drug-likeness (QED) is 0.607. The Kier molecular flexibility index (Phi) is 6.47. The van der Waals surface area contributed by atoms with Gasteiger partial charge in [0, 0.05) is 6.54 Å². The summed E-state index contributed by atoms with van der Waals surface area (Å²) in [5.74, 6) is -0.235. The lowest BCUT2D eigenvalue weighted by Gasteiger charge is -2.40. The van der Waals surface area contributed by atoms with Gasteiger partial charge in [-0.15, -0.1) is 0 Å². The molecule has 1 aliphatic rings. The van der Waals surface area contributed by atoms with Crippen molar-refractivity contribution in [2.24, 2.45) is 5.41 Å². The second-order valence-corrected chi connectivity index (χ2v) is 10.6. The Morgan fingerprint density at radius 3 is 1.97 bits per heavy atom. The highest BCUT2D eigenvalue weighted by atomic mass is 19.1. The highest BCUT2D eigenvalue weighted by molar-refractivity contribution is 5.70. The molecular formula is C26H35FN2O2. The summed E-state index contributed by atoms with van der Waals surface area (Å²) < 4.78 is 19.0. The van der Waals surface area contributed by atoms with Crippen LogP contribution in [-0.2, 0) is 11.2 Å². The third-order valence-corrected chi connectivity index (χ3v) is 5.55. The number of carbonyl (C=O) groups excluding carboxylic acids is 1. The van der Waals surface area contributed by atoms with Crippen LogP contribution in [0.1, 0.15) is 47.1 Å². The topological polar surface area (TPSA) is 32.8 Å². The first-order valence-corrected chi connectivity index (χ1v) is 10.9. The van der Waals surface area contributed by atoms with Crippen LogP contribution in [0.25, 0.3) is 11.1 Å². The number of likely N-dealkylation sites (N-methyl/N-ethyl adjacent to an activating group) is 1. The summed E-state index contributed by atoms with van der Waals surface area (Å²) in [5.41, 5.74) is 2.54. The molecule has 31 heavy (non-hydrogen) atoms. The Hall–Kier alpha value is -2.40. The van der Waals surface area contributed by atoms with E-state index in [1.54, 1.807) is 12.1 Å². The van der Waals surface area contributed by atoms with E-state index >= 15 is 0 Å². The minimum atomic E-state index is -0.540. The third kappa shape index (κ3) is 5.65. The molecule has 0 spiro atoms. The Balaban J connectivity index is 1.82. The van der Waals surface area contributed by atoms with Gasteiger partial charge in [-0.25, -0.2) is 9.18 Å². The van der Waals surface area contributed by atoms with Crippen LogP contribution in [0.3, 0.4) is 0 Å². The van der Waals surface area contributed by atoms with Gasteiger partial charge in [0.15, 0.2) is 0 Å². The average Bonchev–Trinajstić information content (AvgIpc) is 2.98. The van der Waals surface area contributed by atoms with Gasteiger partial charge in [0.05, 0.1) is 12.2 Å². The fourth-order valence-electron chi connectivity index (χ4n) is 4.48. The van der Waals surface area contributed by atoms with Gasteiger partial charge in [-0.2, -0.15) is 0 Å². The number of benzene rings is 2. The smallest absolute Gasteiger partial charge is 0.411 e. The lowest BCUT2D eigenvalue weighted by atomic mass is 9.91. The highest BCUT2D eigenvalue weighted by Gasteiger charge is 2.47. The molecular weight excluding hydrogens is 391 g/mol. The zero-order chi connectivity index (χ0) is 23.0. The molecule has 3 rings (SSSR count). The number of rotatable bonds is 3. The number of hydrogen-bond donors (Lipinski definition) is 0. The molecule has 1 aliphatic heterocycles. The van der Waals surface area contributed by atoms with Crippen molar-refractivity contribution in [1.29, 1.82) is 0 Å². The van der Waals surface area contributed by atoms with Crippen LogP contribution >= 0.6 is 0 Å². The average molecular weight is 427 g/mol. The van der Waals surface area contributed by atoms with Gasteiger partial charge in [-0.05, 0) is 68.5 Å². The van der Waals surface area contributed by atoms with Crippen molar-refractivity contribution in [3.05, 3.63) is 59.9 Å². The molecule has 0 bridgehead atoms. The van der Waals surface area contributed by atoms with E-state index in [2.05, 4.69) is 57.0 Å². The second-order valence-electron chi connectivity index (χ2n) is 10.6. The maximum Gasteiger partial charge on any atom is 0.411 e. The second kappa shape index (κ2) is 8.62. The zero-order valence-corrected chi connectivity index (χ0v) is 19.8. The summed E-state index contributed by atoms with van der Waals surface area (Å²) in [5, 5.41) is 0. The van der Waals surface area contributed by atoms with Gasteiger partial charge in [-0.1, -0.05) is 57.2 Å². The van der Waals surface area contributed by atoms with E-state index in [1.807, 2.05) is 25.7 Å². The van der Waals surface area contributed by atoms with E-state index in [0.717, 1.165) is 29.7 Å². The molecule has 2 atom stereocenters. The third-order valence-electron chi connectivity index (χ3n) is 5.55. The van der Waals surface area contributed by atoms with Crippen molar-refractivity contribution in [1.82, 2.24) is 9.80 Å². The molecule has 0 unspecified atom stereocenters. The maximum absolute atomic E-state index is 13.2. The van der Waals surface area contributed by atoms with Crippen molar-refractivity contribution in [3.63, 3.8) is 0 Å². The SMILES string of the molecule is CN1C[C@H](Cc2ccc(-c3ccc(F)cc3)cc2)N(C(=O)OC(C)(C)C)[C@H]1C(C)(C)C. The van der Waals surface area contributed by atoms with Crippen LogP contribution in [0.5, 0.6) is 0 Å². The van der Waals surface area contributed by atoms with Crippen LogP contribution in [0.4, 0.5) is 9.18 Å². The van der Waals surface area contributed by atoms with Gasteiger partial charge in [-0.3, -0.25) is 9.80 Å². The Morgan fingerprint density at radius 2 is 1.48 bits per heavy atom. The fourth-order valence-corrected chi connectivity index (χ4v) is 4.48. The number of carbonyl (C=O) groups is 1. The molecule has 0 radical (unpaired) electrons. The molecule has 1 heterocycles. The molecule has 0 aliphatic carbocycles. The Labute approximate surface area is 186 Å². The van der Waals surface area contributed by atoms with Crippen LogP contribution in [0.2, 0.25) is 0 Å². The number of halogens is 1. The standard InChI is InChI=1S/C26H35FN2O2/c1-25(2,3)23-28(7)17-22(29(23)24(30)31-26(4,5)6)16-18-8-10-19(11-9-18)20-12-14-21(27)15-13-20/h8-15,22-23H,16-17H2,1-7H3/t22-,23-/m0/s1. The molecule has 168 valence electrons. The molecule has 1 amide bonds. The maximum atomic E-state index is 13.2. The minimum absolute atomic E-state index is 0.0285. The number of nitrogens with zero attached hydrogens (tertiary/aromatic N) is 2. The van der Waals surface area contributed by atoms with Crippen LogP contribution in [0, 0.1) is 11.2 Å². The van der Waals surface area contributed by atoms with E-state index in [1.165, 1.54) is 12.1 Å². The number of amides is 1. The lowest BCUT2D eigenvalue weighted by Crippen LogP contribution is -2.52. The van der Waals surface area contributed by atoms with E-state index < -0.39 is 5.60 Å². The van der Waals surface area contributed by atoms with E-state index in [4.69, 9.17) is 4.74 Å². The molecule has 2 aromatic rings. The largest absolute Gasteiger partial charge is 0.444 e. The first kappa shape index (κ1) is 23.3. The van der Waals surface area contributed by atoms with Crippen LogP contribution in [0.15, 0.2) is 48.5 Å². The summed E-state index contributed by atoms with van der Waals surface area (Å²) in [7, 11) is 2.07. The van der Waals surface area contributed by atoms with Crippen molar-refractivity contribution in [2.45, 2.75) is 65.8 Å². The highest BCUT2D eigenvalue weighted by Crippen LogP contribution is 2.35. The van der Waals surface area contributed by atoms with Gasteiger partial charge in [0.1, 0.15) is 11.4 Å². The summed E-state index contributed by atoms with van der Waals surface area (Å²) >= 11 is 0. The van der Waals surface area contributed by atoms with Crippen LogP contribution in [-0.4, -0.2) is 47.3 Å². The Bertz CT molecular complexity index is 895. The van der Waals surface area contributed by atoms with E-state index in [-0.39, 0.29) is 29.5 Å². The summed E-state index contributed by atoms with van der Waals surface area (Å²) in [6, 6.07) is 14.9.